The number of aromatic nitrogens is 2. The number of hydrogen-bond acceptors (Lipinski definition) is 5. The van der Waals surface area contributed by atoms with Crippen LogP contribution < -0.4 is 10.6 Å². The van der Waals surface area contributed by atoms with Crippen molar-refractivity contribution in [2.24, 2.45) is 0 Å². The van der Waals surface area contributed by atoms with E-state index in [1.165, 1.54) is 9.75 Å². The first-order valence-corrected chi connectivity index (χ1v) is 7.81. The first-order valence-electron chi connectivity index (χ1n) is 6.99. The van der Waals surface area contributed by atoms with Gasteiger partial charge in [0, 0.05) is 21.9 Å². The van der Waals surface area contributed by atoms with E-state index in [0.717, 1.165) is 30.3 Å². The second-order valence-electron chi connectivity index (χ2n) is 5.04. The minimum absolute atomic E-state index is 0.373. The summed E-state index contributed by atoms with van der Waals surface area (Å²) in [6, 6.07) is 4.31. The van der Waals surface area contributed by atoms with E-state index in [1.54, 1.807) is 6.33 Å². The fraction of sp³-hybridized carbons (Fsp3) is 0.467. The molecule has 2 aromatic rings. The molecule has 0 bridgehead atoms. The van der Waals surface area contributed by atoms with Crippen LogP contribution in [0, 0.1) is 6.92 Å². The van der Waals surface area contributed by atoms with Crippen molar-refractivity contribution in [2.75, 3.05) is 17.2 Å². The van der Waals surface area contributed by atoms with Crippen LogP contribution in [0.2, 0.25) is 0 Å². The summed E-state index contributed by atoms with van der Waals surface area (Å²) in [6.07, 6.45) is 1.62. The Labute approximate surface area is 124 Å². The number of aryl methyl sites for hydroxylation is 1. The van der Waals surface area contributed by atoms with Crippen molar-refractivity contribution >= 4 is 23.0 Å². The average molecular weight is 290 g/mol. The molecule has 0 spiro atoms. The van der Waals surface area contributed by atoms with Gasteiger partial charge in [0.25, 0.3) is 0 Å². The number of nitrogens with zero attached hydrogens (tertiary/aromatic N) is 2. The third-order valence-electron chi connectivity index (χ3n) is 3.03. The molecule has 0 atom stereocenters. The zero-order valence-electron chi connectivity index (χ0n) is 12.5. The third kappa shape index (κ3) is 3.48. The maximum Gasteiger partial charge on any atom is 0.135 e. The minimum atomic E-state index is 0.373. The monoisotopic (exact) mass is 290 g/mol. The predicted octanol–water partition coefficient (Wildman–Crippen LogP) is 4.01. The second-order valence-corrected chi connectivity index (χ2v) is 6.41. The van der Waals surface area contributed by atoms with E-state index >= 15 is 0 Å². The van der Waals surface area contributed by atoms with Crippen molar-refractivity contribution < 1.29 is 0 Å². The molecule has 0 radical (unpaired) electrons. The number of thiophene rings is 1. The molecule has 0 unspecified atom stereocenters. The normalized spacial score (nSPS) is 10.8. The molecule has 0 aromatic carbocycles. The second kappa shape index (κ2) is 6.70. The third-order valence-corrected chi connectivity index (χ3v) is 4.03. The van der Waals surface area contributed by atoms with Gasteiger partial charge < -0.3 is 10.6 Å². The van der Waals surface area contributed by atoms with E-state index in [-0.39, 0.29) is 0 Å². The molecule has 108 valence electrons. The molecular weight excluding hydrogens is 268 g/mol. The Morgan fingerprint density at radius 2 is 1.85 bits per heavy atom. The SMILES string of the molecule is CCNc1ncnc(NCc2ccc(C)s2)c1C(C)C. The smallest absolute Gasteiger partial charge is 0.135 e. The van der Waals surface area contributed by atoms with Gasteiger partial charge in [0.15, 0.2) is 0 Å². The van der Waals surface area contributed by atoms with Gasteiger partial charge in [-0.1, -0.05) is 13.8 Å². The Morgan fingerprint density at radius 1 is 1.15 bits per heavy atom. The molecule has 0 aliphatic rings. The average Bonchev–Trinajstić information content (AvgIpc) is 2.82. The molecule has 2 heterocycles. The lowest BCUT2D eigenvalue weighted by atomic mass is 10.0. The van der Waals surface area contributed by atoms with Gasteiger partial charge >= 0.3 is 0 Å². The Balaban J connectivity index is 2.19. The van der Waals surface area contributed by atoms with Crippen LogP contribution in [0.3, 0.4) is 0 Å². The lowest BCUT2D eigenvalue weighted by Gasteiger charge is -2.17. The van der Waals surface area contributed by atoms with E-state index in [1.807, 2.05) is 11.3 Å². The van der Waals surface area contributed by atoms with Crippen LogP contribution in [0.1, 0.15) is 42.0 Å². The number of hydrogen-bond donors (Lipinski definition) is 2. The number of rotatable bonds is 6. The van der Waals surface area contributed by atoms with E-state index < -0.39 is 0 Å². The molecule has 2 aromatic heterocycles. The van der Waals surface area contributed by atoms with Crippen molar-refractivity contribution in [1.29, 1.82) is 0 Å². The van der Waals surface area contributed by atoms with Gasteiger partial charge in [0.1, 0.15) is 18.0 Å². The molecule has 4 nitrogen and oxygen atoms in total. The van der Waals surface area contributed by atoms with Gasteiger partial charge in [-0.25, -0.2) is 9.97 Å². The highest BCUT2D eigenvalue weighted by molar-refractivity contribution is 7.11. The van der Waals surface area contributed by atoms with Crippen LogP contribution >= 0.6 is 11.3 Å². The lowest BCUT2D eigenvalue weighted by molar-refractivity contribution is 0.844. The maximum absolute atomic E-state index is 4.41. The van der Waals surface area contributed by atoms with Crippen LogP contribution in [0.15, 0.2) is 18.5 Å². The van der Waals surface area contributed by atoms with Crippen molar-refractivity contribution in [1.82, 2.24) is 9.97 Å². The first kappa shape index (κ1) is 14.8. The zero-order chi connectivity index (χ0) is 14.5. The van der Waals surface area contributed by atoms with Crippen molar-refractivity contribution in [2.45, 2.75) is 40.2 Å². The molecule has 0 saturated heterocycles. The zero-order valence-corrected chi connectivity index (χ0v) is 13.3. The van der Waals surface area contributed by atoms with E-state index in [9.17, 15) is 0 Å². The van der Waals surface area contributed by atoms with Gasteiger partial charge in [-0.3, -0.25) is 0 Å². The van der Waals surface area contributed by atoms with E-state index in [2.05, 4.69) is 60.4 Å². The van der Waals surface area contributed by atoms with Crippen LogP contribution in [0.25, 0.3) is 0 Å². The number of nitrogens with one attached hydrogen (secondary N) is 2. The van der Waals surface area contributed by atoms with Crippen LogP contribution in [-0.2, 0) is 6.54 Å². The topological polar surface area (TPSA) is 49.8 Å². The Hall–Kier alpha value is -1.62. The summed E-state index contributed by atoms with van der Waals surface area (Å²) in [7, 11) is 0. The first-order chi connectivity index (χ1) is 9.61. The summed E-state index contributed by atoms with van der Waals surface area (Å²) in [5, 5.41) is 6.75. The molecule has 20 heavy (non-hydrogen) atoms. The molecular formula is C15H22N4S. The molecule has 0 fully saturated rings. The van der Waals surface area contributed by atoms with Gasteiger partial charge in [-0.2, -0.15) is 0 Å². The Morgan fingerprint density at radius 3 is 2.40 bits per heavy atom. The van der Waals surface area contributed by atoms with Crippen LogP contribution in [-0.4, -0.2) is 16.5 Å². The quantitative estimate of drug-likeness (QED) is 0.844. The Bertz CT molecular complexity index is 563. The van der Waals surface area contributed by atoms with Crippen LogP contribution in [0.4, 0.5) is 11.6 Å². The number of anilines is 2. The fourth-order valence-corrected chi connectivity index (χ4v) is 2.97. The summed E-state index contributed by atoms with van der Waals surface area (Å²) >= 11 is 1.81. The maximum atomic E-state index is 4.41. The standard InChI is InChI=1S/C15H22N4S/c1-5-16-14-13(10(2)3)15(19-9-18-14)17-8-12-7-6-11(4)20-12/h6-7,9-10H,5,8H2,1-4H3,(H2,16,17,18,19). The Kier molecular flexibility index (Phi) is 4.95. The van der Waals surface area contributed by atoms with E-state index in [0.29, 0.717) is 5.92 Å². The largest absolute Gasteiger partial charge is 0.370 e. The highest BCUT2D eigenvalue weighted by Gasteiger charge is 2.14. The van der Waals surface area contributed by atoms with Crippen molar-refractivity contribution in [3.63, 3.8) is 0 Å². The summed E-state index contributed by atoms with van der Waals surface area (Å²) in [5.74, 6) is 2.23. The van der Waals surface area contributed by atoms with Crippen molar-refractivity contribution in [3.8, 4) is 0 Å². The molecule has 0 saturated carbocycles. The lowest BCUT2D eigenvalue weighted by Crippen LogP contribution is -2.10. The summed E-state index contributed by atoms with van der Waals surface area (Å²) in [5.41, 5.74) is 1.16. The molecule has 2 rings (SSSR count). The van der Waals surface area contributed by atoms with Crippen molar-refractivity contribution in [3.05, 3.63) is 33.8 Å². The van der Waals surface area contributed by atoms with Gasteiger partial charge in [-0.15, -0.1) is 11.3 Å². The molecule has 5 heteroatoms. The molecule has 0 amide bonds. The van der Waals surface area contributed by atoms with Gasteiger partial charge in [-0.05, 0) is 31.9 Å². The highest BCUT2D eigenvalue weighted by Crippen LogP contribution is 2.28. The van der Waals surface area contributed by atoms with E-state index in [4.69, 9.17) is 0 Å². The minimum Gasteiger partial charge on any atom is -0.370 e. The van der Waals surface area contributed by atoms with Gasteiger partial charge in [0.2, 0.25) is 0 Å². The molecule has 0 aliphatic carbocycles. The predicted molar refractivity (Wildman–Crippen MR) is 86.7 cm³/mol. The van der Waals surface area contributed by atoms with Gasteiger partial charge in [0.05, 0.1) is 6.54 Å². The fourth-order valence-electron chi connectivity index (χ4n) is 2.14. The summed E-state index contributed by atoms with van der Waals surface area (Å²) in [6.45, 7) is 10.2. The van der Waals surface area contributed by atoms with Crippen LogP contribution in [0.5, 0.6) is 0 Å². The molecule has 2 N–H and O–H groups in total. The summed E-state index contributed by atoms with van der Waals surface area (Å²) < 4.78 is 0. The molecule has 0 aliphatic heterocycles. The summed E-state index contributed by atoms with van der Waals surface area (Å²) in [4.78, 5) is 11.4. The highest BCUT2D eigenvalue weighted by atomic mass is 32.1.